The molecule has 1 aliphatic heterocycles. The van der Waals surface area contributed by atoms with Crippen molar-refractivity contribution in [2.45, 2.75) is 64.1 Å². The molecule has 0 amide bonds. The largest absolute Gasteiger partial charge is 0.473 e. The van der Waals surface area contributed by atoms with Crippen LogP contribution in [0.1, 0.15) is 71.9 Å². The monoisotopic (exact) mass is 614 g/mol. The van der Waals surface area contributed by atoms with Crippen molar-refractivity contribution in [2.75, 3.05) is 19.8 Å². The summed E-state index contributed by atoms with van der Waals surface area (Å²) in [7, 11) is 0. The highest BCUT2D eigenvalue weighted by molar-refractivity contribution is 5.99. The van der Waals surface area contributed by atoms with E-state index in [2.05, 4.69) is 9.47 Å². The SMILES string of the molecule is O=COc1ccc2nc(CN3CCC(c4cccc(OCc5ccc(C(=O)C6CC6)cc5F)n4)CC3)n(CC3(CF)CC3)c2c1. The Morgan fingerprint density at radius 1 is 1.02 bits per heavy atom. The lowest BCUT2D eigenvalue weighted by molar-refractivity contribution is -0.120. The van der Waals surface area contributed by atoms with E-state index in [1.54, 1.807) is 30.3 Å². The predicted octanol–water partition coefficient (Wildman–Crippen LogP) is 6.41. The van der Waals surface area contributed by atoms with Crippen LogP contribution in [0, 0.1) is 17.2 Å². The van der Waals surface area contributed by atoms with Gasteiger partial charge >= 0.3 is 0 Å². The van der Waals surface area contributed by atoms with Crippen molar-refractivity contribution >= 4 is 23.3 Å². The van der Waals surface area contributed by atoms with Crippen LogP contribution in [0.25, 0.3) is 11.0 Å². The molecule has 10 heteroatoms. The molecule has 2 saturated carbocycles. The number of hydrogen-bond acceptors (Lipinski definition) is 7. The standard InChI is InChI=1S/C35H36F2N4O4/c36-20-35(12-13-35)21-41-31-17-27(45-22-42)8-9-30(31)38-32(41)18-40-14-10-23(11-15-40)29-2-1-3-33(39-29)44-19-26-7-6-25(16-28(26)37)34(43)24-4-5-24/h1-3,6-9,16-17,22-24H,4-5,10-15,18-21H2. The topological polar surface area (TPSA) is 86.5 Å². The maximum atomic E-state index is 14.7. The van der Waals surface area contributed by atoms with Crippen LogP contribution < -0.4 is 9.47 Å². The molecule has 0 radical (unpaired) electrons. The summed E-state index contributed by atoms with van der Waals surface area (Å²) in [5.74, 6) is 1.66. The first-order chi connectivity index (χ1) is 21.9. The van der Waals surface area contributed by atoms with E-state index in [1.165, 1.54) is 6.07 Å². The number of aromatic nitrogens is 3. The number of piperidine rings is 1. The number of pyridine rings is 1. The summed E-state index contributed by atoms with van der Waals surface area (Å²) in [4.78, 5) is 35.2. The van der Waals surface area contributed by atoms with Crippen LogP contribution in [0.2, 0.25) is 0 Å². The summed E-state index contributed by atoms with van der Waals surface area (Å²) < 4.78 is 41.7. The zero-order valence-electron chi connectivity index (χ0n) is 25.1. The quantitative estimate of drug-likeness (QED) is 0.127. The van der Waals surface area contributed by atoms with Gasteiger partial charge in [-0.05, 0) is 75.9 Å². The third-order valence-electron chi connectivity index (χ3n) is 9.49. The van der Waals surface area contributed by atoms with Crippen molar-refractivity contribution in [3.8, 4) is 11.6 Å². The van der Waals surface area contributed by atoms with Gasteiger partial charge in [-0.15, -0.1) is 0 Å². The minimum atomic E-state index is -0.440. The number of likely N-dealkylation sites (tertiary alicyclic amines) is 1. The van der Waals surface area contributed by atoms with Crippen LogP contribution in [0.3, 0.4) is 0 Å². The molecule has 2 aliphatic carbocycles. The Balaban J connectivity index is 0.985. The number of ether oxygens (including phenoxy) is 2. The second-order valence-electron chi connectivity index (χ2n) is 12.8. The van der Waals surface area contributed by atoms with Crippen LogP contribution >= 0.6 is 0 Å². The highest BCUT2D eigenvalue weighted by atomic mass is 19.1. The number of halogens is 2. The molecule has 1 saturated heterocycles. The second-order valence-corrected chi connectivity index (χ2v) is 12.8. The number of fused-ring (bicyclic) bond motifs is 1. The summed E-state index contributed by atoms with van der Waals surface area (Å²) in [6, 6.07) is 15.7. The summed E-state index contributed by atoms with van der Waals surface area (Å²) >= 11 is 0. The van der Waals surface area contributed by atoms with E-state index in [1.807, 2.05) is 18.2 Å². The third kappa shape index (κ3) is 6.47. The number of hydrogen-bond donors (Lipinski definition) is 0. The van der Waals surface area contributed by atoms with Gasteiger partial charge < -0.3 is 14.0 Å². The van der Waals surface area contributed by atoms with E-state index in [9.17, 15) is 18.4 Å². The Labute approximate surface area is 260 Å². The van der Waals surface area contributed by atoms with Crippen molar-refractivity contribution < 1.29 is 27.8 Å². The fraction of sp³-hybridized carbons (Fsp3) is 0.429. The highest BCUT2D eigenvalue weighted by Gasteiger charge is 2.44. The molecule has 3 aliphatic rings. The van der Waals surface area contributed by atoms with Crippen molar-refractivity contribution in [1.29, 1.82) is 0 Å². The molecule has 3 heterocycles. The maximum absolute atomic E-state index is 14.7. The summed E-state index contributed by atoms with van der Waals surface area (Å²) in [6.07, 6.45) is 5.31. The Morgan fingerprint density at radius 3 is 2.56 bits per heavy atom. The van der Waals surface area contributed by atoms with Gasteiger partial charge in [0.15, 0.2) is 5.78 Å². The van der Waals surface area contributed by atoms with E-state index >= 15 is 0 Å². The van der Waals surface area contributed by atoms with Gasteiger partial charge in [0, 0.05) is 52.7 Å². The molecule has 234 valence electrons. The Morgan fingerprint density at radius 2 is 1.84 bits per heavy atom. The van der Waals surface area contributed by atoms with Crippen LogP contribution in [-0.4, -0.2) is 51.5 Å². The number of ketones is 1. The molecule has 3 fully saturated rings. The third-order valence-corrected chi connectivity index (χ3v) is 9.49. The van der Waals surface area contributed by atoms with Gasteiger partial charge in [-0.2, -0.15) is 0 Å². The molecule has 2 aromatic heterocycles. The lowest BCUT2D eigenvalue weighted by Gasteiger charge is -2.31. The first-order valence-electron chi connectivity index (χ1n) is 15.7. The number of Topliss-reactive ketones (excluding diaryl/α,β-unsaturated/α-hetero) is 1. The van der Waals surface area contributed by atoms with Gasteiger partial charge in [-0.3, -0.25) is 18.9 Å². The number of nitrogens with zero attached hydrogens (tertiary/aromatic N) is 4. The number of benzene rings is 2. The number of imidazole rings is 1. The molecule has 0 bridgehead atoms. The lowest BCUT2D eigenvalue weighted by atomic mass is 9.93. The van der Waals surface area contributed by atoms with Gasteiger partial charge in [0.05, 0.1) is 24.3 Å². The van der Waals surface area contributed by atoms with E-state index < -0.39 is 5.82 Å². The van der Waals surface area contributed by atoms with E-state index in [0.29, 0.717) is 42.3 Å². The smallest absolute Gasteiger partial charge is 0.298 e. The average Bonchev–Trinajstić information content (AvgIpc) is 4.00. The van der Waals surface area contributed by atoms with E-state index in [-0.39, 0.29) is 36.3 Å². The van der Waals surface area contributed by atoms with Crippen molar-refractivity contribution in [3.05, 3.63) is 83.1 Å². The normalized spacial score (nSPS) is 18.2. The molecule has 7 rings (SSSR count). The number of alkyl halides is 1. The first kappa shape index (κ1) is 29.5. The van der Waals surface area contributed by atoms with Crippen molar-refractivity contribution in [2.24, 2.45) is 11.3 Å². The molecule has 0 spiro atoms. The summed E-state index contributed by atoms with van der Waals surface area (Å²) in [5.41, 5.74) is 3.08. The summed E-state index contributed by atoms with van der Waals surface area (Å²) in [6.45, 7) is 2.98. The minimum absolute atomic E-state index is 0.0173. The molecule has 4 aromatic rings. The van der Waals surface area contributed by atoms with Crippen molar-refractivity contribution in [3.63, 3.8) is 0 Å². The Hall–Kier alpha value is -4.18. The Kier molecular flexibility index (Phi) is 8.08. The lowest BCUT2D eigenvalue weighted by Crippen LogP contribution is -2.34. The molecule has 45 heavy (non-hydrogen) atoms. The molecule has 0 N–H and O–H groups in total. The molecular weight excluding hydrogens is 578 g/mol. The number of carbonyl (C=O) groups excluding carboxylic acids is 2. The molecule has 0 atom stereocenters. The molecule has 0 unspecified atom stereocenters. The van der Waals surface area contributed by atoms with Gasteiger partial charge in [-0.25, -0.2) is 14.4 Å². The zero-order chi connectivity index (χ0) is 31.0. The van der Waals surface area contributed by atoms with Crippen LogP contribution in [0.15, 0.2) is 54.6 Å². The van der Waals surface area contributed by atoms with E-state index in [4.69, 9.17) is 19.4 Å². The van der Waals surface area contributed by atoms with Crippen molar-refractivity contribution in [1.82, 2.24) is 19.4 Å². The maximum Gasteiger partial charge on any atom is 0.298 e. The van der Waals surface area contributed by atoms with Crippen LogP contribution in [-0.2, 0) is 24.5 Å². The number of carbonyl (C=O) groups is 2. The van der Waals surface area contributed by atoms with Crippen LogP contribution in [0.5, 0.6) is 11.6 Å². The molecular formula is C35H36F2N4O4. The van der Waals surface area contributed by atoms with Crippen LogP contribution in [0.4, 0.5) is 8.78 Å². The first-order valence-corrected chi connectivity index (χ1v) is 15.7. The average molecular weight is 615 g/mol. The highest BCUT2D eigenvalue weighted by Crippen LogP contribution is 2.48. The Bertz CT molecular complexity index is 1720. The van der Waals surface area contributed by atoms with Gasteiger partial charge in [0.2, 0.25) is 5.88 Å². The fourth-order valence-corrected chi connectivity index (χ4v) is 6.30. The molecule has 2 aromatic carbocycles. The summed E-state index contributed by atoms with van der Waals surface area (Å²) in [5, 5.41) is 0. The fourth-order valence-electron chi connectivity index (χ4n) is 6.30. The van der Waals surface area contributed by atoms with E-state index in [0.717, 1.165) is 74.2 Å². The minimum Gasteiger partial charge on any atom is -0.473 e. The zero-order valence-corrected chi connectivity index (χ0v) is 25.1. The van der Waals surface area contributed by atoms with Gasteiger partial charge in [0.25, 0.3) is 6.47 Å². The second kappa shape index (κ2) is 12.3. The number of rotatable bonds is 13. The molecule has 8 nitrogen and oxygen atoms in total. The predicted molar refractivity (Wildman–Crippen MR) is 163 cm³/mol. The van der Waals surface area contributed by atoms with Gasteiger partial charge in [0.1, 0.15) is 24.0 Å². The van der Waals surface area contributed by atoms with Gasteiger partial charge in [-0.1, -0.05) is 18.2 Å².